The van der Waals surface area contributed by atoms with Crippen LogP contribution in [0.1, 0.15) is 18.2 Å². The molecule has 1 aromatic heterocycles. The number of nitrogen functional groups attached to an aromatic ring is 1. The Morgan fingerprint density at radius 3 is 2.82 bits per heavy atom. The second-order valence-corrected chi connectivity index (χ2v) is 2.47. The Balaban J connectivity index is 3.21. The van der Waals surface area contributed by atoms with E-state index in [0.717, 1.165) is 17.7 Å². The van der Waals surface area contributed by atoms with Crippen molar-refractivity contribution in [3.05, 3.63) is 23.1 Å². The van der Waals surface area contributed by atoms with Crippen molar-refractivity contribution in [2.75, 3.05) is 5.73 Å². The topological polar surface area (TPSA) is 38.9 Å². The van der Waals surface area contributed by atoms with Crippen molar-refractivity contribution in [1.29, 1.82) is 0 Å². The van der Waals surface area contributed by atoms with Crippen LogP contribution in [0.15, 0.2) is 6.07 Å². The van der Waals surface area contributed by atoms with Crippen molar-refractivity contribution in [1.82, 2.24) is 4.98 Å². The monoisotopic (exact) mass is 154 g/mol. The van der Waals surface area contributed by atoms with Crippen LogP contribution >= 0.6 is 0 Å². The molecule has 0 aliphatic carbocycles. The zero-order valence-corrected chi connectivity index (χ0v) is 6.69. The van der Waals surface area contributed by atoms with E-state index in [1.807, 2.05) is 13.8 Å². The normalized spacial score (nSPS) is 10.1. The summed E-state index contributed by atoms with van der Waals surface area (Å²) in [6.45, 7) is 3.79. The summed E-state index contributed by atoms with van der Waals surface area (Å²) in [5, 5.41) is 0. The van der Waals surface area contributed by atoms with Crippen LogP contribution in [-0.4, -0.2) is 4.98 Å². The molecule has 2 nitrogen and oxygen atoms in total. The van der Waals surface area contributed by atoms with Gasteiger partial charge in [-0.05, 0) is 25.0 Å². The van der Waals surface area contributed by atoms with Crippen LogP contribution in [-0.2, 0) is 6.42 Å². The highest BCUT2D eigenvalue weighted by atomic mass is 19.1. The number of rotatable bonds is 1. The summed E-state index contributed by atoms with van der Waals surface area (Å²) in [4.78, 5) is 3.89. The van der Waals surface area contributed by atoms with Crippen LogP contribution in [0.5, 0.6) is 0 Å². The zero-order chi connectivity index (χ0) is 8.43. The van der Waals surface area contributed by atoms with E-state index in [2.05, 4.69) is 4.98 Å². The first kappa shape index (κ1) is 7.98. The number of halogens is 1. The Morgan fingerprint density at radius 2 is 2.27 bits per heavy atom. The third-order valence-electron chi connectivity index (χ3n) is 1.63. The third kappa shape index (κ3) is 1.48. The van der Waals surface area contributed by atoms with Crippen molar-refractivity contribution >= 4 is 5.82 Å². The highest BCUT2D eigenvalue weighted by Crippen LogP contribution is 2.12. The first-order valence-corrected chi connectivity index (χ1v) is 3.56. The standard InChI is InChI=1S/C8H11FN2/c1-3-7-5(2)4-6(9)8(10)11-7/h4H,3H2,1-2H3,(H2,10,11). The first-order chi connectivity index (χ1) is 5.15. The fourth-order valence-electron chi connectivity index (χ4n) is 0.992. The molecule has 0 aliphatic heterocycles. The van der Waals surface area contributed by atoms with Gasteiger partial charge < -0.3 is 5.73 Å². The molecule has 0 atom stereocenters. The Labute approximate surface area is 65.3 Å². The Hall–Kier alpha value is -1.12. The molecule has 1 heterocycles. The van der Waals surface area contributed by atoms with Crippen LogP contribution in [0.4, 0.5) is 10.2 Å². The van der Waals surface area contributed by atoms with Crippen LogP contribution < -0.4 is 5.73 Å². The molecule has 1 aromatic rings. The largest absolute Gasteiger partial charge is 0.381 e. The number of aromatic nitrogens is 1. The SMILES string of the molecule is CCc1nc(N)c(F)cc1C. The molecule has 0 unspecified atom stereocenters. The maximum absolute atomic E-state index is 12.7. The molecule has 0 fully saturated rings. The number of aryl methyl sites for hydroxylation is 2. The van der Waals surface area contributed by atoms with Crippen molar-refractivity contribution in [2.45, 2.75) is 20.3 Å². The lowest BCUT2D eigenvalue weighted by Crippen LogP contribution is -2.00. The van der Waals surface area contributed by atoms with Gasteiger partial charge in [0.1, 0.15) is 0 Å². The minimum absolute atomic E-state index is 0.00699. The first-order valence-electron chi connectivity index (χ1n) is 3.56. The summed E-state index contributed by atoms with van der Waals surface area (Å²) in [6.07, 6.45) is 0.788. The molecular weight excluding hydrogens is 143 g/mol. The molecule has 3 heteroatoms. The van der Waals surface area contributed by atoms with Crippen molar-refractivity contribution < 1.29 is 4.39 Å². The highest BCUT2D eigenvalue weighted by molar-refractivity contribution is 5.35. The fraction of sp³-hybridized carbons (Fsp3) is 0.375. The molecule has 60 valence electrons. The molecule has 1 rings (SSSR count). The minimum Gasteiger partial charge on any atom is -0.381 e. The van der Waals surface area contributed by atoms with Crippen LogP contribution in [0.25, 0.3) is 0 Å². The second-order valence-electron chi connectivity index (χ2n) is 2.47. The van der Waals surface area contributed by atoms with Gasteiger partial charge in [-0.2, -0.15) is 0 Å². The predicted molar refractivity (Wildman–Crippen MR) is 42.7 cm³/mol. The average Bonchev–Trinajstić information content (AvgIpc) is 1.97. The van der Waals surface area contributed by atoms with Gasteiger partial charge >= 0.3 is 0 Å². The molecule has 0 bridgehead atoms. The van der Waals surface area contributed by atoms with E-state index in [1.54, 1.807) is 0 Å². The second kappa shape index (κ2) is 2.86. The van der Waals surface area contributed by atoms with Gasteiger partial charge in [0.2, 0.25) is 0 Å². The lowest BCUT2D eigenvalue weighted by atomic mass is 10.2. The van der Waals surface area contributed by atoms with Crippen LogP contribution in [0.2, 0.25) is 0 Å². The van der Waals surface area contributed by atoms with Gasteiger partial charge in [0.05, 0.1) is 0 Å². The van der Waals surface area contributed by atoms with E-state index in [0.29, 0.717) is 0 Å². The molecule has 0 aliphatic rings. The van der Waals surface area contributed by atoms with Gasteiger partial charge in [-0.25, -0.2) is 9.37 Å². The maximum atomic E-state index is 12.7. The highest BCUT2D eigenvalue weighted by Gasteiger charge is 2.03. The summed E-state index contributed by atoms with van der Waals surface area (Å²) in [5.74, 6) is -0.438. The van der Waals surface area contributed by atoms with Crippen molar-refractivity contribution in [3.8, 4) is 0 Å². The van der Waals surface area contributed by atoms with E-state index in [9.17, 15) is 4.39 Å². The lowest BCUT2D eigenvalue weighted by molar-refractivity contribution is 0.623. The Morgan fingerprint density at radius 1 is 1.64 bits per heavy atom. The van der Waals surface area contributed by atoms with Gasteiger partial charge in [-0.3, -0.25) is 0 Å². The van der Waals surface area contributed by atoms with E-state index in [-0.39, 0.29) is 5.82 Å². The molecule has 0 aromatic carbocycles. The molecule has 0 amide bonds. The van der Waals surface area contributed by atoms with Crippen molar-refractivity contribution in [2.24, 2.45) is 0 Å². The van der Waals surface area contributed by atoms with Crippen LogP contribution in [0, 0.1) is 12.7 Å². The summed E-state index contributed by atoms with van der Waals surface area (Å²) in [5.41, 5.74) is 7.00. The molecule has 0 spiro atoms. The number of nitrogens with two attached hydrogens (primary N) is 1. The Bertz CT molecular complexity index is 271. The predicted octanol–water partition coefficient (Wildman–Crippen LogP) is 1.67. The third-order valence-corrected chi connectivity index (χ3v) is 1.63. The summed E-state index contributed by atoms with van der Waals surface area (Å²) in [7, 11) is 0. The molecule has 0 saturated heterocycles. The summed E-state index contributed by atoms with van der Waals surface area (Å²) < 4.78 is 12.7. The minimum atomic E-state index is -0.431. The molecular formula is C8H11FN2. The number of hydrogen-bond donors (Lipinski definition) is 1. The lowest BCUT2D eigenvalue weighted by Gasteiger charge is -2.03. The van der Waals surface area contributed by atoms with Gasteiger partial charge in [0.25, 0.3) is 0 Å². The van der Waals surface area contributed by atoms with E-state index < -0.39 is 5.82 Å². The van der Waals surface area contributed by atoms with E-state index in [4.69, 9.17) is 5.73 Å². The molecule has 0 saturated carbocycles. The van der Waals surface area contributed by atoms with Crippen molar-refractivity contribution in [3.63, 3.8) is 0 Å². The number of pyridine rings is 1. The van der Waals surface area contributed by atoms with Gasteiger partial charge in [0.15, 0.2) is 11.6 Å². The Kier molecular flexibility index (Phi) is 2.08. The van der Waals surface area contributed by atoms with Gasteiger partial charge in [0, 0.05) is 5.69 Å². The average molecular weight is 154 g/mol. The van der Waals surface area contributed by atoms with Crippen LogP contribution in [0.3, 0.4) is 0 Å². The number of hydrogen-bond acceptors (Lipinski definition) is 2. The number of anilines is 1. The maximum Gasteiger partial charge on any atom is 0.165 e. The smallest absolute Gasteiger partial charge is 0.165 e. The van der Waals surface area contributed by atoms with E-state index >= 15 is 0 Å². The van der Waals surface area contributed by atoms with Gasteiger partial charge in [-0.15, -0.1) is 0 Å². The fourth-order valence-corrected chi connectivity index (χ4v) is 0.992. The van der Waals surface area contributed by atoms with E-state index in [1.165, 1.54) is 6.07 Å². The summed E-state index contributed by atoms with van der Waals surface area (Å²) in [6, 6.07) is 1.42. The zero-order valence-electron chi connectivity index (χ0n) is 6.69. The van der Waals surface area contributed by atoms with Gasteiger partial charge in [-0.1, -0.05) is 6.92 Å². The quantitative estimate of drug-likeness (QED) is 0.668. The molecule has 0 radical (unpaired) electrons. The molecule has 2 N–H and O–H groups in total. The molecule has 11 heavy (non-hydrogen) atoms. The number of nitrogens with zero attached hydrogens (tertiary/aromatic N) is 1. The summed E-state index contributed by atoms with van der Waals surface area (Å²) >= 11 is 0.